The minimum Gasteiger partial charge on any atom is -0.466 e. The summed E-state index contributed by atoms with van der Waals surface area (Å²) in [6, 6.07) is 0. The van der Waals surface area contributed by atoms with Gasteiger partial charge in [-0.2, -0.15) is 0 Å². The van der Waals surface area contributed by atoms with Crippen molar-refractivity contribution >= 4 is 11.9 Å². The molecule has 0 fully saturated rings. The summed E-state index contributed by atoms with van der Waals surface area (Å²) in [4.78, 5) is 23.8. The monoisotopic (exact) mass is 454 g/mol. The number of rotatable bonds is 24. The molecule has 0 saturated heterocycles. The molecule has 32 heavy (non-hydrogen) atoms. The largest absolute Gasteiger partial charge is 0.466 e. The fourth-order valence-electron chi connectivity index (χ4n) is 3.97. The number of hydrogen-bond donors (Lipinski definition) is 0. The molecule has 0 spiro atoms. The lowest BCUT2D eigenvalue weighted by Crippen LogP contribution is -2.17. The van der Waals surface area contributed by atoms with Gasteiger partial charge in [-0.1, -0.05) is 111 Å². The molecule has 0 amide bonds. The van der Waals surface area contributed by atoms with Crippen LogP contribution in [0.15, 0.2) is 0 Å². The lowest BCUT2D eigenvalue weighted by molar-refractivity contribution is -0.150. The van der Waals surface area contributed by atoms with E-state index >= 15 is 0 Å². The van der Waals surface area contributed by atoms with Gasteiger partial charge in [-0.3, -0.25) is 9.59 Å². The molecule has 0 rings (SSSR count). The van der Waals surface area contributed by atoms with E-state index in [4.69, 9.17) is 9.47 Å². The lowest BCUT2D eigenvalue weighted by Gasteiger charge is -2.15. The average molecular weight is 455 g/mol. The number of esters is 2. The second-order valence-corrected chi connectivity index (χ2v) is 9.33. The van der Waals surface area contributed by atoms with Gasteiger partial charge in [0, 0.05) is 12.8 Å². The van der Waals surface area contributed by atoms with Crippen molar-refractivity contribution in [1.82, 2.24) is 0 Å². The Balaban J connectivity index is 3.43. The van der Waals surface area contributed by atoms with Gasteiger partial charge in [-0.05, 0) is 32.1 Å². The van der Waals surface area contributed by atoms with Crippen molar-refractivity contribution in [2.24, 2.45) is 0 Å². The Kier molecular flexibility index (Phi) is 23.8. The Labute approximate surface area is 199 Å². The van der Waals surface area contributed by atoms with Crippen LogP contribution >= 0.6 is 0 Å². The molecule has 0 aromatic rings. The van der Waals surface area contributed by atoms with Crippen molar-refractivity contribution in [3.63, 3.8) is 0 Å². The van der Waals surface area contributed by atoms with E-state index in [9.17, 15) is 9.59 Å². The molecule has 0 radical (unpaired) electrons. The predicted octanol–water partition coefficient (Wildman–Crippen LogP) is 8.69. The predicted molar refractivity (Wildman–Crippen MR) is 135 cm³/mol. The van der Waals surface area contributed by atoms with E-state index in [1.165, 1.54) is 83.5 Å². The Morgan fingerprint density at radius 3 is 1.56 bits per heavy atom. The molecule has 4 heteroatoms. The second kappa shape index (κ2) is 24.6. The Hall–Kier alpha value is -1.06. The highest BCUT2D eigenvalue weighted by Crippen LogP contribution is 2.13. The van der Waals surface area contributed by atoms with E-state index in [1.807, 2.05) is 0 Å². The van der Waals surface area contributed by atoms with Gasteiger partial charge in [0.1, 0.15) is 6.10 Å². The first kappa shape index (κ1) is 30.9. The average Bonchev–Trinajstić information content (AvgIpc) is 2.78. The molecular weight excluding hydrogens is 400 g/mol. The van der Waals surface area contributed by atoms with Crippen LogP contribution in [0.3, 0.4) is 0 Å². The fraction of sp³-hybridized carbons (Fsp3) is 0.929. The summed E-state index contributed by atoms with van der Waals surface area (Å²) in [5.41, 5.74) is 0. The van der Waals surface area contributed by atoms with Crippen molar-refractivity contribution in [3.8, 4) is 0 Å². The topological polar surface area (TPSA) is 52.6 Å². The van der Waals surface area contributed by atoms with E-state index in [0.717, 1.165) is 32.1 Å². The molecule has 0 N–H and O–H groups in total. The van der Waals surface area contributed by atoms with Gasteiger partial charge in [-0.25, -0.2) is 0 Å². The molecule has 0 aliphatic carbocycles. The molecule has 1 unspecified atom stereocenters. The van der Waals surface area contributed by atoms with Crippen molar-refractivity contribution in [2.75, 3.05) is 6.61 Å². The molecule has 0 bridgehead atoms. The second-order valence-electron chi connectivity index (χ2n) is 9.33. The molecule has 190 valence electrons. The van der Waals surface area contributed by atoms with Crippen molar-refractivity contribution < 1.29 is 19.1 Å². The van der Waals surface area contributed by atoms with Gasteiger partial charge in [0.25, 0.3) is 0 Å². The summed E-state index contributed by atoms with van der Waals surface area (Å²) >= 11 is 0. The van der Waals surface area contributed by atoms with Gasteiger partial charge in [0.2, 0.25) is 0 Å². The number of hydrogen-bond acceptors (Lipinski definition) is 4. The minimum absolute atomic E-state index is 0.0246. The van der Waals surface area contributed by atoms with Crippen LogP contribution in [-0.4, -0.2) is 24.6 Å². The van der Waals surface area contributed by atoms with E-state index in [-0.39, 0.29) is 18.0 Å². The Morgan fingerprint density at radius 1 is 0.562 bits per heavy atom. The molecule has 0 saturated carbocycles. The zero-order chi connectivity index (χ0) is 23.7. The summed E-state index contributed by atoms with van der Waals surface area (Å²) in [6.45, 7) is 7.00. The van der Waals surface area contributed by atoms with Gasteiger partial charge in [0.05, 0.1) is 6.61 Å². The molecule has 1 atom stereocenters. The maximum Gasteiger partial charge on any atom is 0.306 e. The Bertz CT molecular complexity index is 422. The Morgan fingerprint density at radius 2 is 1.03 bits per heavy atom. The standard InChI is InChI=1S/C28H54O4/c1-4-7-9-10-11-12-13-14-15-16-17-18-20-25-31-27(29)23-21-24-28(30)32-26(6-3)22-19-8-5-2/h26H,4-25H2,1-3H3. The molecule has 0 aliphatic heterocycles. The highest BCUT2D eigenvalue weighted by Gasteiger charge is 2.13. The van der Waals surface area contributed by atoms with Gasteiger partial charge in [-0.15, -0.1) is 0 Å². The van der Waals surface area contributed by atoms with E-state index in [0.29, 0.717) is 25.9 Å². The lowest BCUT2D eigenvalue weighted by atomic mass is 10.0. The number of carbonyl (C=O) groups excluding carboxylic acids is 2. The summed E-state index contributed by atoms with van der Waals surface area (Å²) in [7, 11) is 0. The number of ether oxygens (including phenoxy) is 2. The van der Waals surface area contributed by atoms with Crippen LogP contribution in [0, 0.1) is 0 Å². The summed E-state index contributed by atoms with van der Waals surface area (Å²) < 4.78 is 10.8. The summed E-state index contributed by atoms with van der Waals surface area (Å²) in [5.74, 6) is -0.371. The molecule has 0 aliphatic rings. The van der Waals surface area contributed by atoms with Crippen LogP contribution < -0.4 is 0 Å². The highest BCUT2D eigenvalue weighted by atomic mass is 16.5. The van der Waals surface area contributed by atoms with Crippen LogP contribution in [0.5, 0.6) is 0 Å². The number of carbonyl (C=O) groups is 2. The third-order valence-electron chi connectivity index (χ3n) is 6.16. The SMILES string of the molecule is CCCCCCCCCCCCCCCOC(=O)CCCC(=O)OC(CC)CCCCC. The molecule has 4 nitrogen and oxygen atoms in total. The molecule has 0 heterocycles. The summed E-state index contributed by atoms with van der Waals surface area (Å²) in [6.07, 6.45) is 23.4. The first-order valence-electron chi connectivity index (χ1n) is 14.0. The summed E-state index contributed by atoms with van der Waals surface area (Å²) in [5, 5.41) is 0. The molecular formula is C28H54O4. The van der Waals surface area contributed by atoms with Crippen LogP contribution in [-0.2, 0) is 19.1 Å². The van der Waals surface area contributed by atoms with Crippen LogP contribution in [0.2, 0.25) is 0 Å². The van der Waals surface area contributed by atoms with Gasteiger partial charge in [0.15, 0.2) is 0 Å². The van der Waals surface area contributed by atoms with Crippen molar-refractivity contribution in [1.29, 1.82) is 0 Å². The van der Waals surface area contributed by atoms with Gasteiger partial charge < -0.3 is 9.47 Å². The minimum atomic E-state index is -0.188. The van der Waals surface area contributed by atoms with E-state index in [1.54, 1.807) is 0 Å². The normalized spacial score (nSPS) is 12.0. The quantitative estimate of drug-likeness (QED) is 0.108. The maximum atomic E-state index is 11.9. The first-order valence-corrected chi connectivity index (χ1v) is 14.0. The van der Waals surface area contributed by atoms with Crippen LogP contribution in [0.25, 0.3) is 0 Å². The van der Waals surface area contributed by atoms with Crippen molar-refractivity contribution in [3.05, 3.63) is 0 Å². The van der Waals surface area contributed by atoms with Crippen molar-refractivity contribution in [2.45, 2.75) is 162 Å². The van der Waals surface area contributed by atoms with Crippen LogP contribution in [0.4, 0.5) is 0 Å². The fourth-order valence-corrected chi connectivity index (χ4v) is 3.97. The van der Waals surface area contributed by atoms with E-state index < -0.39 is 0 Å². The highest BCUT2D eigenvalue weighted by molar-refractivity contribution is 5.72. The molecule has 0 aromatic heterocycles. The first-order chi connectivity index (χ1) is 15.6. The van der Waals surface area contributed by atoms with E-state index in [2.05, 4.69) is 20.8 Å². The van der Waals surface area contributed by atoms with Crippen LogP contribution in [0.1, 0.15) is 156 Å². The third-order valence-corrected chi connectivity index (χ3v) is 6.16. The molecule has 0 aromatic carbocycles. The van der Waals surface area contributed by atoms with Gasteiger partial charge >= 0.3 is 11.9 Å². The smallest absolute Gasteiger partial charge is 0.306 e. The zero-order valence-electron chi connectivity index (χ0n) is 21.8. The zero-order valence-corrected chi connectivity index (χ0v) is 21.8. The third kappa shape index (κ3) is 22.1. The number of unbranched alkanes of at least 4 members (excludes halogenated alkanes) is 14. The maximum absolute atomic E-state index is 11.9.